The van der Waals surface area contributed by atoms with Gasteiger partial charge in [-0.05, 0) is 42.7 Å². The molecular weight excluding hydrogens is 276 g/mol. The first-order valence-electron chi connectivity index (χ1n) is 7.59. The summed E-state index contributed by atoms with van der Waals surface area (Å²) in [5.41, 5.74) is 2.06. The first-order valence-corrected chi connectivity index (χ1v) is 7.59. The van der Waals surface area contributed by atoms with Gasteiger partial charge in [0.15, 0.2) is 0 Å². The Balaban J connectivity index is 1.44. The maximum Gasteiger partial charge on any atom is 0.239 e. The quantitative estimate of drug-likeness (QED) is 0.826. The van der Waals surface area contributed by atoms with Gasteiger partial charge in [0.2, 0.25) is 5.91 Å². The molecule has 2 aromatic carbocycles. The first-order chi connectivity index (χ1) is 10.8. The molecule has 1 aliphatic rings. The second-order valence-electron chi connectivity index (χ2n) is 5.49. The molecule has 0 aliphatic heterocycles. The molecule has 0 heterocycles. The highest BCUT2D eigenvalue weighted by Crippen LogP contribution is 2.19. The molecule has 0 radical (unpaired) electrons. The van der Waals surface area contributed by atoms with Crippen LogP contribution in [0.4, 0.5) is 5.69 Å². The summed E-state index contributed by atoms with van der Waals surface area (Å²) in [4.78, 5) is 11.6. The van der Waals surface area contributed by atoms with E-state index in [0.29, 0.717) is 19.2 Å². The summed E-state index contributed by atoms with van der Waals surface area (Å²) in [7, 11) is 0. The maximum atomic E-state index is 11.6. The van der Waals surface area contributed by atoms with Crippen LogP contribution in [-0.4, -0.2) is 18.5 Å². The van der Waals surface area contributed by atoms with Gasteiger partial charge in [-0.2, -0.15) is 0 Å². The lowest BCUT2D eigenvalue weighted by Gasteiger charge is -2.09. The van der Waals surface area contributed by atoms with Crippen LogP contribution in [0.5, 0.6) is 5.75 Å². The molecular formula is C18H20N2O2. The molecule has 3 rings (SSSR count). The summed E-state index contributed by atoms with van der Waals surface area (Å²) in [6, 6.07) is 18.1. The van der Waals surface area contributed by atoms with Gasteiger partial charge in [-0.25, -0.2) is 0 Å². The number of carbonyl (C=O) groups excluding carboxylic acids is 1. The zero-order chi connectivity index (χ0) is 15.2. The molecule has 114 valence electrons. The molecule has 1 amide bonds. The molecule has 4 heteroatoms. The number of benzene rings is 2. The van der Waals surface area contributed by atoms with Crippen molar-refractivity contribution in [1.82, 2.24) is 5.32 Å². The third-order valence-corrected chi connectivity index (χ3v) is 3.50. The van der Waals surface area contributed by atoms with Crippen LogP contribution in [0, 0.1) is 0 Å². The molecule has 0 saturated heterocycles. The van der Waals surface area contributed by atoms with E-state index in [1.807, 2.05) is 54.6 Å². The zero-order valence-electron chi connectivity index (χ0n) is 12.4. The van der Waals surface area contributed by atoms with E-state index in [9.17, 15) is 4.79 Å². The molecule has 1 aliphatic carbocycles. The van der Waals surface area contributed by atoms with E-state index < -0.39 is 0 Å². The van der Waals surface area contributed by atoms with Crippen molar-refractivity contribution in [1.29, 1.82) is 0 Å². The molecule has 22 heavy (non-hydrogen) atoms. The minimum absolute atomic E-state index is 0.0481. The first kappa shape index (κ1) is 14.4. The van der Waals surface area contributed by atoms with Crippen LogP contribution in [0.15, 0.2) is 54.6 Å². The minimum atomic E-state index is 0.0481. The van der Waals surface area contributed by atoms with Gasteiger partial charge in [-0.1, -0.05) is 30.3 Å². The second-order valence-corrected chi connectivity index (χ2v) is 5.49. The molecule has 2 N–H and O–H groups in total. The second kappa shape index (κ2) is 6.98. The lowest BCUT2D eigenvalue weighted by atomic mass is 10.2. The number of nitrogens with one attached hydrogen (secondary N) is 2. The van der Waals surface area contributed by atoms with Gasteiger partial charge in [-0.15, -0.1) is 0 Å². The fourth-order valence-electron chi connectivity index (χ4n) is 2.10. The van der Waals surface area contributed by atoms with Crippen molar-refractivity contribution in [2.75, 3.05) is 11.9 Å². The topological polar surface area (TPSA) is 50.4 Å². The van der Waals surface area contributed by atoms with E-state index in [1.165, 1.54) is 0 Å². The number of amides is 1. The molecule has 1 saturated carbocycles. The van der Waals surface area contributed by atoms with E-state index in [1.54, 1.807) is 0 Å². The summed E-state index contributed by atoms with van der Waals surface area (Å²) in [6.45, 7) is 0.859. The summed E-state index contributed by atoms with van der Waals surface area (Å²) < 4.78 is 5.73. The summed E-state index contributed by atoms with van der Waals surface area (Å²) in [5.74, 6) is 0.865. The predicted molar refractivity (Wildman–Crippen MR) is 86.9 cm³/mol. The fourth-order valence-corrected chi connectivity index (χ4v) is 2.10. The molecule has 1 fully saturated rings. The van der Waals surface area contributed by atoms with Crippen molar-refractivity contribution >= 4 is 11.6 Å². The van der Waals surface area contributed by atoms with Gasteiger partial charge in [0.05, 0.1) is 6.54 Å². The van der Waals surface area contributed by atoms with E-state index in [0.717, 1.165) is 29.8 Å². The molecule has 0 spiro atoms. The molecule has 4 nitrogen and oxygen atoms in total. The molecule has 0 aromatic heterocycles. The number of carbonyl (C=O) groups is 1. The Morgan fingerprint density at radius 3 is 2.45 bits per heavy atom. The highest BCUT2D eigenvalue weighted by Gasteiger charge is 2.22. The third-order valence-electron chi connectivity index (χ3n) is 3.50. The molecule has 0 atom stereocenters. The van der Waals surface area contributed by atoms with Gasteiger partial charge >= 0.3 is 0 Å². The normalized spacial score (nSPS) is 13.5. The van der Waals surface area contributed by atoms with Crippen LogP contribution in [0.1, 0.15) is 18.4 Å². The Labute approximate surface area is 130 Å². The SMILES string of the molecule is O=C(CNc1ccc(OCc2ccccc2)cc1)NC1CC1. The number of anilines is 1. The minimum Gasteiger partial charge on any atom is -0.489 e. The maximum absolute atomic E-state index is 11.6. The van der Waals surface area contributed by atoms with Crippen LogP contribution in [0.3, 0.4) is 0 Å². The van der Waals surface area contributed by atoms with Gasteiger partial charge in [0, 0.05) is 11.7 Å². The van der Waals surface area contributed by atoms with Crippen LogP contribution in [-0.2, 0) is 11.4 Å². The van der Waals surface area contributed by atoms with Crippen molar-refractivity contribution in [2.24, 2.45) is 0 Å². The monoisotopic (exact) mass is 296 g/mol. The number of hydrogen-bond donors (Lipinski definition) is 2. The lowest BCUT2D eigenvalue weighted by molar-refractivity contribution is -0.119. The molecule has 2 aromatic rings. The van der Waals surface area contributed by atoms with E-state index >= 15 is 0 Å². The smallest absolute Gasteiger partial charge is 0.239 e. The average Bonchev–Trinajstić information content (AvgIpc) is 3.37. The standard InChI is InChI=1S/C18H20N2O2/c21-18(20-16-6-7-16)12-19-15-8-10-17(11-9-15)22-13-14-4-2-1-3-5-14/h1-5,8-11,16,19H,6-7,12-13H2,(H,20,21). The van der Waals surface area contributed by atoms with E-state index in [4.69, 9.17) is 4.74 Å². The van der Waals surface area contributed by atoms with Gasteiger partial charge in [0.25, 0.3) is 0 Å². The summed E-state index contributed by atoms with van der Waals surface area (Å²) in [6.07, 6.45) is 2.22. The lowest BCUT2D eigenvalue weighted by Crippen LogP contribution is -2.31. The van der Waals surface area contributed by atoms with Gasteiger partial charge in [-0.3, -0.25) is 4.79 Å². The number of hydrogen-bond acceptors (Lipinski definition) is 3. The van der Waals surface area contributed by atoms with Crippen LogP contribution < -0.4 is 15.4 Å². The Hall–Kier alpha value is -2.49. The summed E-state index contributed by atoms with van der Waals surface area (Å²) >= 11 is 0. The van der Waals surface area contributed by atoms with Crippen molar-refractivity contribution < 1.29 is 9.53 Å². The highest BCUT2D eigenvalue weighted by atomic mass is 16.5. The van der Waals surface area contributed by atoms with E-state index in [-0.39, 0.29) is 5.91 Å². The van der Waals surface area contributed by atoms with Crippen LogP contribution in [0.2, 0.25) is 0 Å². The predicted octanol–water partition coefficient (Wildman–Crippen LogP) is 2.96. The third kappa shape index (κ3) is 4.52. The average molecular weight is 296 g/mol. The van der Waals surface area contributed by atoms with Crippen molar-refractivity contribution in [3.8, 4) is 5.75 Å². The largest absolute Gasteiger partial charge is 0.489 e. The Bertz CT molecular complexity index is 607. The van der Waals surface area contributed by atoms with Crippen LogP contribution >= 0.6 is 0 Å². The summed E-state index contributed by atoms with van der Waals surface area (Å²) in [5, 5.41) is 6.06. The number of ether oxygens (including phenoxy) is 1. The Morgan fingerprint density at radius 2 is 1.77 bits per heavy atom. The fraction of sp³-hybridized carbons (Fsp3) is 0.278. The number of rotatable bonds is 7. The van der Waals surface area contributed by atoms with Gasteiger partial charge in [0.1, 0.15) is 12.4 Å². The van der Waals surface area contributed by atoms with Gasteiger partial charge < -0.3 is 15.4 Å². The molecule has 0 bridgehead atoms. The van der Waals surface area contributed by atoms with E-state index in [2.05, 4.69) is 10.6 Å². The Morgan fingerprint density at radius 1 is 1.05 bits per heavy atom. The Kier molecular flexibility index (Phi) is 4.59. The van der Waals surface area contributed by atoms with Crippen molar-refractivity contribution in [2.45, 2.75) is 25.5 Å². The van der Waals surface area contributed by atoms with Crippen molar-refractivity contribution in [3.05, 3.63) is 60.2 Å². The van der Waals surface area contributed by atoms with Crippen molar-refractivity contribution in [3.63, 3.8) is 0 Å². The highest BCUT2D eigenvalue weighted by molar-refractivity contribution is 5.81. The zero-order valence-corrected chi connectivity index (χ0v) is 12.4. The van der Waals surface area contributed by atoms with Crippen LogP contribution in [0.25, 0.3) is 0 Å². The molecule has 0 unspecified atom stereocenters.